The molecule has 21 heavy (non-hydrogen) atoms. The first-order chi connectivity index (χ1) is 9.76. The topological polar surface area (TPSA) is 82.0 Å². The van der Waals surface area contributed by atoms with E-state index in [0.29, 0.717) is 12.8 Å². The van der Waals surface area contributed by atoms with Gasteiger partial charge in [0.05, 0.1) is 11.7 Å². The van der Waals surface area contributed by atoms with Crippen molar-refractivity contribution < 1.29 is 14.7 Å². The zero-order valence-electron chi connectivity index (χ0n) is 12.7. The fourth-order valence-electron chi connectivity index (χ4n) is 2.53. The van der Waals surface area contributed by atoms with Crippen molar-refractivity contribution in [2.75, 3.05) is 12.3 Å². The van der Waals surface area contributed by atoms with Crippen LogP contribution in [0.1, 0.15) is 33.6 Å². The van der Waals surface area contributed by atoms with E-state index < -0.39 is 12.1 Å². The normalized spacial score (nSPS) is 29.0. The molecule has 2 N–H and O–H groups in total. The number of hydrogen-bond acceptors (Lipinski definition) is 5. The van der Waals surface area contributed by atoms with Crippen LogP contribution in [0.15, 0.2) is 4.99 Å². The minimum absolute atomic E-state index is 0.0801. The molecule has 0 aromatic heterocycles. The van der Waals surface area contributed by atoms with Crippen molar-refractivity contribution in [1.82, 2.24) is 10.2 Å². The molecule has 1 saturated heterocycles. The van der Waals surface area contributed by atoms with Crippen LogP contribution in [0.5, 0.6) is 0 Å². The monoisotopic (exact) mass is 313 g/mol. The molecule has 0 saturated carbocycles. The van der Waals surface area contributed by atoms with E-state index in [9.17, 15) is 14.7 Å². The quantitative estimate of drug-likeness (QED) is 0.799. The summed E-state index contributed by atoms with van der Waals surface area (Å²) in [6.45, 7) is 6.18. The predicted octanol–water partition coefficient (Wildman–Crippen LogP) is 0.602. The van der Waals surface area contributed by atoms with E-state index in [1.54, 1.807) is 17.3 Å². The third kappa shape index (κ3) is 4.44. The molecule has 0 bridgehead atoms. The molecule has 0 radical (unpaired) electrons. The van der Waals surface area contributed by atoms with Crippen LogP contribution in [-0.2, 0) is 9.59 Å². The highest BCUT2D eigenvalue weighted by atomic mass is 32.2. The number of rotatable bonds is 3. The highest BCUT2D eigenvalue weighted by molar-refractivity contribution is 8.12. The van der Waals surface area contributed by atoms with Gasteiger partial charge in [0.15, 0.2) is 0 Å². The van der Waals surface area contributed by atoms with Crippen molar-refractivity contribution in [3.8, 4) is 0 Å². The summed E-state index contributed by atoms with van der Waals surface area (Å²) < 4.78 is 0. The molecule has 2 amide bonds. The van der Waals surface area contributed by atoms with Gasteiger partial charge in [-0.05, 0) is 5.41 Å². The van der Waals surface area contributed by atoms with Crippen LogP contribution in [0.3, 0.4) is 0 Å². The van der Waals surface area contributed by atoms with Gasteiger partial charge in [-0.1, -0.05) is 20.8 Å². The number of nitrogens with one attached hydrogen (secondary N) is 1. The summed E-state index contributed by atoms with van der Waals surface area (Å²) in [6, 6.07) is -0.587. The molecule has 0 aromatic rings. The average molecular weight is 313 g/mol. The Balaban J connectivity index is 2.00. The number of β-amino-alcohol motifs (C(OH)–C–C–N with tert-alkyl or cyclic N) is 1. The van der Waals surface area contributed by atoms with Gasteiger partial charge in [0, 0.05) is 25.1 Å². The standard InChI is InChI=1S/C14H23N3O3S/c1-14(2,3)5-12(19)17-6-9(18)4-10(17)13(20)16-11-7-21-8-15-11/h8-11,18H,4-7H2,1-3H3,(H,16,20)/t9-,10?,11?/m1/s1. The van der Waals surface area contributed by atoms with Crippen LogP contribution in [0.25, 0.3) is 0 Å². The first-order valence-electron chi connectivity index (χ1n) is 7.17. The maximum Gasteiger partial charge on any atom is 0.244 e. The summed E-state index contributed by atoms with van der Waals surface area (Å²) >= 11 is 1.55. The Morgan fingerprint density at radius 2 is 2.19 bits per heavy atom. The maximum absolute atomic E-state index is 12.4. The fourth-order valence-corrected chi connectivity index (χ4v) is 3.20. The zero-order chi connectivity index (χ0) is 15.6. The molecule has 2 rings (SSSR count). The van der Waals surface area contributed by atoms with Crippen molar-refractivity contribution in [1.29, 1.82) is 0 Å². The first kappa shape index (κ1) is 16.3. The van der Waals surface area contributed by atoms with E-state index >= 15 is 0 Å². The number of aliphatic imine (C=N–C) groups is 1. The van der Waals surface area contributed by atoms with Crippen LogP contribution >= 0.6 is 11.8 Å². The van der Waals surface area contributed by atoms with Crippen molar-refractivity contribution >= 4 is 29.1 Å². The molecule has 2 unspecified atom stereocenters. The van der Waals surface area contributed by atoms with Gasteiger partial charge >= 0.3 is 0 Å². The molecule has 0 aliphatic carbocycles. The van der Waals surface area contributed by atoms with Crippen molar-refractivity contribution in [3.05, 3.63) is 0 Å². The first-order valence-corrected chi connectivity index (χ1v) is 8.22. The molecule has 0 spiro atoms. The number of nitrogens with zero attached hydrogens (tertiary/aromatic N) is 2. The highest BCUT2D eigenvalue weighted by Gasteiger charge is 2.40. The van der Waals surface area contributed by atoms with E-state index in [-0.39, 0.29) is 29.9 Å². The minimum Gasteiger partial charge on any atom is -0.391 e. The van der Waals surface area contributed by atoms with Crippen LogP contribution in [0, 0.1) is 5.41 Å². The van der Waals surface area contributed by atoms with E-state index in [2.05, 4.69) is 10.3 Å². The Kier molecular flexibility index (Phi) is 4.93. The molecule has 1 fully saturated rings. The molecule has 0 aromatic carbocycles. The van der Waals surface area contributed by atoms with Gasteiger partial charge in [-0.25, -0.2) is 0 Å². The summed E-state index contributed by atoms with van der Waals surface area (Å²) in [5, 5.41) is 12.6. The Labute approximate surface area is 129 Å². The molecular weight excluding hydrogens is 290 g/mol. The molecule has 2 aliphatic heterocycles. The van der Waals surface area contributed by atoms with Gasteiger partial charge in [-0.15, -0.1) is 11.8 Å². The van der Waals surface area contributed by atoms with Crippen molar-refractivity contribution in [2.45, 2.75) is 51.9 Å². The molecular formula is C14H23N3O3S. The Morgan fingerprint density at radius 1 is 1.48 bits per heavy atom. The van der Waals surface area contributed by atoms with E-state index in [0.717, 1.165) is 5.75 Å². The number of aliphatic hydroxyl groups excluding tert-OH is 1. The lowest BCUT2D eigenvalue weighted by Crippen LogP contribution is -2.49. The van der Waals surface area contributed by atoms with Crippen LogP contribution in [0.4, 0.5) is 0 Å². The Hall–Kier alpha value is -1.08. The maximum atomic E-state index is 12.4. The van der Waals surface area contributed by atoms with Crippen molar-refractivity contribution in [3.63, 3.8) is 0 Å². The number of thioether (sulfide) groups is 1. The minimum atomic E-state index is -0.633. The van der Waals surface area contributed by atoms with Gasteiger partial charge < -0.3 is 15.3 Å². The lowest BCUT2D eigenvalue weighted by molar-refractivity contribution is -0.140. The molecule has 3 atom stereocenters. The van der Waals surface area contributed by atoms with Crippen LogP contribution < -0.4 is 5.32 Å². The fraction of sp³-hybridized carbons (Fsp3) is 0.786. The van der Waals surface area contributed by atoms with E-state index in [1.165, 1.54) is 4.90 Å². The largest absolute Gasteiger partial charge is 0.391 e. The number of carbonyl (C=O) groups excluding carboxylic acids is 2. The molecule has 2 aliphatic rings. The second-order valence-corrected chi connectivity index (χ2v) is 7.68. The summed E-state index contributed by atoms with van der Waals surface area (Å²) in [6.07, 6.45) is -0.197. The number of aliphatic hydroxyl groups is 1. The van der Waals surface area contributed by atoms with Gasteiger partial charge in [-0.2, -0.15) is 0 Å². The second kappa shape index (κ2) is 6.36. The smallest absolute Gasteiger partial charge is 0.244 e. The van der Waals surface area contributed by atoms with Gasteiger partial charge in [0.1, 0.15) is 12.2 Å². The van der Waals surface area contributed by atoms with Gasteiger partial charge in [-0.3, -0.25) is 14.6 Å². The second-order valence-electron chi connectivity index (χ2n) is 6.80. The van der Waals surface area contributed by atoms with Crippen molar-refractivity contribution in [2.24, 2.45) is 10.4 Å². The summed E-state index contributed by atoms with van der Waals surface area (Å²) in [5.41, 5.74) is 1.58. The molecule has 118 valence electrons. The summed E-state index contributed by atoms with van der Waals surface area (Å²) in [7, 11) is 0. The number of likely N-dealkylation sites (tertiary alicyclic amines) is 1. The van der Waals surface area contributed by atoms with E-state index in [4.69, 9.17) is 0 Å². The third-order valence-corrected chi connectivity index (χ3v) is 4.24. The third-order valence-electron chi connectivity index (χ3n) is 3.46. The zero-order valence-corrected chi connectivity index (χ0v) is 13.5. The summed E-state index contributed by atoms with van der Waals surface area (Å²) in [4.78, 5) is 30.3. The molecule has 6 nitrogen and oxygen atoms in total. The lowest BCUT2D eigenvalue weighted by Gasteiger charge is -2.27. The van der Waals surface area contributed by atoms with Gasteiger partial charge in [0.2, 0.25) is 11.8 Å². The van der Waals surface area contributed by atoms with Crippen LogP contribution in [-0.4, -0.2) is 58.0 Å². The Morgan fingerprint density at radius 3 is 2.76 bits per heavy atom. The Bertz CT molecular complexity index is 447. The predicted molar refractivity (Wildman–Crippen MR) is 83.1 cm³/mol. The van der Waals surface area contributed by atoms with Crippen LogP contribution in [0.2, 0.25) is 0 Å². The number of carbonyl (C=O) groups is 2. The average Bonchev–Trinajstić information content (AvgIpc) is 2.95. The number of hydrogen-bond donors (Lipinski definition) is 2. The highest BCUT2D eigenvalue weighted by Crippen LogP contribution is 2.25. The summed E-state index contributed by atoms with van der Waals surface area (Å²) in [5.74, 6) is 0.415. The molecule has 7 heteroatoms. The van der Waals surface area contributed by atoms with Gasteiger partial charge in [0.25, 0.3) is 0 Å². The molecule has 2 heterocycles. The SMILES string of the molecule is CC(C)(C)CC(=O)N1C[C@H](O)CC1C(=O)NC1CSC=N1. The van der Waals surface area contributed by atoms with E-state index in [1.807, 2.05) is 20.8 Å². The number of amides is 2. The lowest BCUT2D eigenvalue weighted by atomic mass is 9.91.